The van der Waals surface area contributed by atoms with Gasteiger partial charge in [-0.15, -0.1) is 0 Å². The summed E-state index contributed by atoms with van der Waals surface area (Å²) in [5, 5.41) is 3.25. The van der Waals surface area contributed by atoms with Crippen LogP contribution in [0.4, 0.5) is 0 Å². The summed E-state index contributed by atoms with van der Waals surface area (Å²) < 4.78 is 0. The van der Waals surface area contributed by atoms with Crippen LogP contribution < -0.4 is 0 Å². The van der Waals surface area contributed by atoms with Crippen molar-refractivity contribution in [1.82, 2.24) is 4.98 Å². The van der Waals surface area contributed by atoms with Crippen molar-refractivity contribution in [3.8, 4) is 11.1 Å². The molecule has 0 aliphatic heterocycles. The molecule has 1 nitrogen and oxygen atoms in total. The highest BCUT2D eigenvalue weighted by Gasteiger charge is 2.46. The predicted octanol–water partition coefficient (Wildman–Crippen LogP) is 7.25. The lowest BCUT2D eigenvalue weighted by Crippen LogP contribution is -2.28. The molecular formula is C28H18ClN. The first kappa shape index (κ1) is 17.4. The smallest absolute Gasteiger partial charge is 0.0714 e. The monoisotopic (exact) mass is 403 g/mol. The van der Waals surface area contributed by atoms with Crippen LogP contribution in [0.1, 0.15) is 22.3 Å². The zero-order chi connectivity index (χ0) is 20.1. The van der Waals surface area contributed by atoms with Gasteiger partial charge < -0.3 is 0 Å². The third kappa shape index (κ3) is 2.27. The summed E-state index contributed by atoms with van der Waals surface area (Å²) in [6, 6.07) is 34.5. The van der Waals surface area contributed by atoms with Crippen molar-refractivity contribution in [2.75, 3.05) is 0 Å². The first-order valence-corrected chi connectivity index (χ1v) is 10.5. The van der Waals surface area contributed by atoms with Crippen molar-refractivity contribution in [2.24, 2.45) is 0 Å². The van der Waals surface area contributed by atoms with E-state index in [4.69, 9.17) is 11.6 Å². The van der Waals surface area contributed by atoms with Crippen LogP contribution in [0.15, 0.2) is 109 Å². The lowest BCUT2D eigenvalue weighted by Gasteiger charge is -2.33. The topological polar surface area (TPSA) is 12.9 Å². The molecule has 6 rings (SSSR count). The quantitative estimate of drug-likeness (QED) is 0.296. The van der Waals surface area contributed by atoms with Crippen LogP contribution in [0.25, 0.3) is 21.9 Å². The molecule has 0 spiro atoms. The van der Waals surface area contributed by atoms with E-state index >= 15 is 0 Å². The lowest BCUT2D eigenvalue weighted by molar-refractivity contribution is 0.767. The maximum atomic E-state index is 6.52. The van der Waals surface area contributed by atoms with Gasteiger partial charge in [0.2, 0.25) is 0 Å². The molecule has 4 aromatic carbocycles. The molecule has 1 unspecified atom stereocenters. The lowest BCUT2D eigenvalue weighted by atomic mass is 9.68. The third-order valence-corrected chi connectivity index (χ3v) is 6.54. The Hall–Kier alpha value is -3.42. The normalized spacial score (nSPS) is 17.0. The van der Waals surface area contributed by atoms with Crippen LogP contribution in [0, 0.1) is 0 Å². The number of hydrogen-bond donors (Lipinski definition) is 0. The van der Waals surface area contributed by atoms with Crippen molar-refractivity contribution >= 4 is 22.4 Å². The molecule has 0 fully saturated rings. The van der Waals surface area contributed by atoms with E-state index in [-0.39, 0.29) is 0 Å². The fourth-order valence-corrected chi connectivity index (χ4v) is 5.32. The third-order valence-electron chi connectivity index (χ3n) is 6.31. The molecule has 0 saturated carbocycles. The SMILES string of the molecule is Clc1ccc2c(c1)-c1c(ccc3ccccc13)C2(c1ccccc1)c1ccncc1. The van der Waals surface area contributed by atoms with E-state index in [1.165, 1.54) is 44.2 Å². The summed E-state index contributed by atoms with van der Waals surface area (Å²) in [4.78, 5) is 4.30. The standard InChI is InChI=1S/C28H18ClN/c29-22-11-13-25-24(18-22)27-23-9-5-4-6-19(23)10-12-26(27)28(25,20-7-2-1-3-8-20)21-14-16-30-17-15-21/h1-18H. The molecule has 0 bridgehead atoms. The van der Waals surface area contributed by atoms with Gasteiger partial charge in [-0.3, -0.25) is 4.98 Å². The van der Waals surface area contributed by atoms with E-state index in [1.807, 2.05) is 18.5 Å². The second kappa shape index (κ2) is 6.55. The Labute approximate surface area is 180 Å². The van der Waals surface area contributed by atoms with Gasteiger partial charge in [0.1, 0.15) is 0 Å². The van der Waals surface area contributed by atoms with Gasteiger partial charge >= 0.3 is 0 Å². The Kier molecular flexibility index (Phi) is 3.81. The molecule has 1 aliphatic carbocycles. The van der Waals surface area contributed by atoms with Crippen LogP contribution in [0.2, 0.25) is 5.02 Å². The van der Waals surface area contributed by atoms with Gasteiger partial charge in [0.25, 0.3) is 0 Å². The number of halogens is 1. The summed E-state index contributed by atoms with van der Waals surface area (Å²) in [7, 11) is 0. The maximum Gasteiger partial charge on any atom is 0.0714 e. The van der Waals surface area contributed by atoms with E-state index in [1.54, 1.807) is 0 Å². The fourth-order valence-electron chi connectivity index (χ4n) is 5.15. The first-order valence-electron chi connectivity index (χ1n) is 10.1. The fraction of sp³-hybridized carbons (Fsp3) is 0.0357. The zero-order valence-corrected chi connectivity index (χ0v) is 17.0. The summed E-state index contributed by atoms with van der Waals surface area (Å²) in [5.74, 6) is 0. The summed E-state index contributed by atoms with van der Waals surface area (Å²) in [6.45, 7) is 0. The molecule has 0 radical (unpaired) electrons. The van der Waals surface area contributed by atoms with E-state index in [9.17, 15) is 0 Å². The second-order valence-corrected chi connectivity index (χ2v) is 8.19. The van der Waals surface area contributed by atoms with Crippen molar-refractivity contribution in [2.45, 2.75) is 5.41 Å². The Balaban J connectivity index is 1.86. The molecule has 1 atom stereocenters. The molecule has 1 heterocycles. The van der Waals surface area contributed by atoms with Crippen molar-refractivity contribution < 1.29 is 0 Å². The molecule has 2 heteroatoms. The molecule has 0 amide bonds. The van der Waals surface area contributed by atoms with Crippen LogP contribution in [0.5, 0.6) is 0 Å². The molecule has 0 saturated heterocycles. The van der Waals surface area contributed by atoms with Gasteiger partial charge in [-0.05, 0) is 68.4 Å². The Morgan fingerprint density at radius 3 is 2.17 bits per heavy atom. The van der Waals surface area contributed by atoms with Gasteiger partial charge in [-0.2, -0.15) is 0 Å². The number of benzene rings is 4. The highest BCUT2D eigenvalue weighted by molar-refractivity contribution is 6.31. The maximum absolute atomic E-state index is 6.52. The van der Waals surface area contributed by atoms with Crippen LogP contribution in [-0.4, -0.2) is 4.98 Å². The van der Waals surface area contributed by atoms with Gasteiger partial charge in [-0.1, -0.05) is 84.4 Å². The Morgan fingerprint density at radius 2 is 1.33 bits per heavy atom. The molecule has 30 heavy (non-hydrogen) atoms. The van der Waals surface area contributed by atoms with Crippen molar-refractivity contribution in [1.29, 1.82) is 0 Å². The van der Waals surface area contributed by atoms with E-state index in [2.05, 4.69) is 96.0 Å². The van der Waals surface area contributed by atoms with Gasteiger partial charge in [-0.25, -0.2) is 0 Å². The van der Waals surface area contributed by atoms with Crippen LogP contribution in [0.3, 0.4) is 0 Å². The van der Waals surface area contributed by atoms with Crippen molar-refractivity contribution in [3.05, 3.63) is 137 Å². The average Bonchev–Trinajstić information content (AvgIpc) is 3.11. The van der Waals surface area contributed by atoms with Crippen molar-refractivity contribution in [3.63, 3.8) is 0 Å². The van der Waals surface area contributed by atoms with Gasteiger partial charge in [0, 0.05) is 17.4 Å². The Bertz CT molecular complexity index is 1350. The molecule has 142 valence electrons. The predicted molar refractivity (Wildman–Crippen MR) is 124 cm³/mol. The number of pyridine rings is 1. The molecule has 1 aromatic heterocycles. The van der Waals surface area contributed by atoms with E-state index in [0.717, 1.165) is 5.02 Å². The average molecular weight is 404 g/mol. The highest BCUT2D eigenvalue weighted by atomic mass is 35.5. The highest BCUT2D eigenvalue weighted by Crippen LogP contribution is 2.57. The minimum atomic E-state index is -0.413. The number of nitrogens with zero attached hydrogens (tertiary/aromatic N) is 1. The summed E-state index contributed by atoms with van der Waals surface area (Å²) >= 11 is 6.52. The van der Waals surface area contributed by atoms with Gasteiger partial charge in [0.15, 0.2) is 0 Å². The number of aromatic nitrogens is 1. The number of hydrogen-bond acceptors (Lipinski definition) is 1. The molecule has 0 N–H and O–H groups in total. The molecule has 5 aromatic rings. The molecular weight excluding hydrogens is 386 g/mol. The second-order valence-electron chi connectivity index (χ2n) is 7.75. The number of fused-ring (bicyclic) bond motifs is 5. The van der Waals surface area contributed by atoms with Crippen LogP contribution in [-0.2, 0) is 5.41 Å². The zero-order valence-electron chi connectivity index (χ0n) is 16.2. The largest absolute Gasteiger partial charge is 0.265 e. The number of rotatable bonds is 2. The summed E-state index contributed by atoms with van der Waals surface area (Å²) in [6.07, 6.45) is 3.77. The first-order chi connectivity index (χ1) is 14.8. The molecule has 1 aliphatic rings. The minimum absolute atomic E-state index is 0.413. The summed E-state index contributed by atoms with van der Waals surface area (Å²) in [5.41, 5.74) is 7.06. The van der Waals surface area contributed by atoms with E-state index in [0.29, 0.717) is 0 Å². The van der Waals surface area contributed by atoms with E-state index < -0.39 is 5.41 Å². The van der Waals surface area contributed by atoms with Gasteiger partial charge in [0.05, 0.1) is 5.41 Å². The minimum Gasteiger partial charge on any atom is -0.265 e. The Morgan fingerprint density at radius 1 is 0.633 bits per heavy atom. The van der Waals surface area contributed by atoms with Crippen LogP contribution >= 0.6 is 11.6 Å².